The van der Waals surface area contributed by atoms with Gasteiger partial charge in [0, 0.05) is 19.3 Å². The van der Waals surface area contributed by atoms with Gasteiger partial charge in [0.25, 0.3) is 0 Å². The summed E-state index contributed by atoms with van der Waals surface area (Å²) in [6.07, 6.45) is 2.70. The lowest BCUT2D eigenvalue weighted by molar-refractivity contribution is 0.249. The fourth-order valence-corrected chi connectivity index (χ4v) is 1.21. The zero-order valence-corrected chi connectivity index (χ0v) is 9.66. The second kappa shape index (κ2) is 4.82. The van der Waals surface area contributed by atoms with E-state index < -0.39 is 0 Å². The lowest BCUT2D eigenvalue weighted by Gasteiger charge is -2.11. The fraction of sp³-hybridized carbons (Fsp3) is 0.600. The van der Waals surface area contributed by atoms with Crippen molar-refractivity contribution < 1.29 is 4.79 Å². The Morgan fingerprint density at radius 3 is 2.80 bits per heavy atom. The molecule has 5 heteroatoms. The maximum absolute atomic E-state index is 11.5. The maximum atomic E-state index is 11.5. The quantitative estimate of drug-likeness (QED) is 0.797. The number of aromatic nitrogens is 2. The molecule has 0 fully saturated rings. The first kappa shape index (κ1) is 11.6. The van der Waals surface area contributed by atoms with Crippen LogP contribution in [0, 0.1) is 6.92 Å². The van der Waals surface area contributed by atoms with Gasteiger partial charge in [-0.05, 0) is 20.3 Å². The Labute approximate surface area is 89.9 Å². The summed E-state index contributed by atoms with van der Waals surface area (Å²) in [4.78, 5) is 11.5. The van der Waals surface area contributed by atoms with Crippen LogP contribution in [0.25, 0.3) is 0 Å². The summed E-state index contributed by atoms with van der Waals surface area (Å²) in [6, 6.07) is 0.00225. The van der Waals surface area contributed by atoms with Crippen molar-refractivity contribution in [1.29, 1.82) is 0 Å². The van der Waals surface area contributed by atoms with E-state index in [9.17, 15) is 4.79 Å². The van der Waals surface area contributed by atoms with Gasteiger partial charge in [-0.3, -0.25) is 4.68 Å². The molecule has 1 aromatic heterocycles. The number of aryl methyl sites for hydroxylation is 2. The van der Waals surface area contributed by atoms with Gasteiger partial charge < -0.3 is 10.6 Å². The number of anilines is 1. The van der Waals surface area contributed by atoms with Crippen LogP contribution in [0.4, 0.5) is 10.5 Å². The van der Waals surface area contributed by atoms with Gasteiger partial charge in [0.1, 0.15) is 0 Å². The van der Waals surface area contributed by atoms with E-state index >= 15 is 0 Å². The monoisotopic (exact) mass is 210 g/mol. The van der Waals surface area contributed by atoms with E-state index in [4.69, 9.17) is 0 Å². The predicted molar refractivity (Wildman–Crippen MR) is 59.9 cm³/mol. The highest BCUT2D eigenvalue weighted by atomic mass is 16.2. The number of nitrogens with zero attached hydrogens (tertiary/aromatic N) is 2. The highest BCUT2D eigenvalue weighted by Crippen LogP contribution is 2.10. The Hall–Kier alpha value is -1.52. The van der Waals surface area contributed by atoms with Crippen LogP contribution in [-0.2, 0) is 7.05 Å². The zero-order chi connectivity index (χ0) is 11.4. The smallest absolute Gasteiger partial charge is 0.319 e. The van der Waals surface area contributed by atoms with Crippen LogP contribution in [0.2, 0.25) is 0 Å². The molecule has 0 unspecified atom stereocenters. The molecule has 0 aromatic carbocycles. The molecule has 0 aliphatic carbocycles. The predicted octanol–water partition coefficient (Wildman–Crippen LogP) is 1.65. The molecule has 1 heterocycles. The second-order valence-corrected chi connectivity index (χ2v) is 3.71. The third-order valence-corrected chi connectivity index (χ3v) is 2.25. The Kier molecular flexibility index (Phi) is 3.71. The summed E-state index contributed by atoms with van der Waals surface area (Å²) in [5, 5.41) is 9.73. The number of carbonyl (C=O) groups excluding carboxylic acids is 1. The highest BCUT2D eigenvalue weighted by Gasteiger charge is 2.08. The van der Waals surface area contributed by atoms with Crippen molar-refractivity contribution in [3.8, 4) is 0 Å². The topological polar surface area (TPSA) is 59.0 Å². The second-order valence-electron chi connectivity index (χ2n) is 3.71. The molecule has 1 atom stereocenters. The number of amides is 2. The molecule has 0 aliphatic rings. The lowest BCUT2D eigenvalue weighted by Crippen LogP contribution is -2.35. The van der Waals surface area contributed by atoms with E-state index in [-0.39, 0.29) is 12.1 Å². The maximum Gasteiger partial charge on any atom is 0.319 e. The first-order valence-corrected chi connectivity index (χ1v) is 5.10. The third-order valence-electron chi connectivity index (χ3n) is 2.25. The molecule has 1 aromatic rings. The molecule has 0 saturated heterocycles. The minimum absolute atomic E-state index is 0.180. The van der Waals surface area contributed by atoms with E-state index in [0.717, 1.165) is 17.8 Å². The van der Waals surface area contributed by atoms with Gasteiger partial charge in [-0.1, -0.05) is 6.92 Å². The van der Waals surface area contributed by atoms with Crippen molar-refractivity contribution in [1.82, 2.24) is 15.1 Å². The van der Waals surface area contributed by atoms with Crippen molar-refractivity contribution in [2.75, 3.05) is 5.32 Å². The van der Waals surface area contributed by atoms with Crippen LogP contribution >= 0.6 is 0 Å². The van der Waals surface area contributed by atoms with Crippen molar-refractivity contribution in [2.45, 2.75) is 33.2 Å². The SMILES string of the molecule is CC[C@H](C)NC(=O)Nc1cn(C)nc1C. The first-order valence-electron chi connectivity index (χ1n) is 5.10. The Balaban J connectivity index is 2.55. The van der Waals surface area contributed by atoms with Crippen molar-refractivity contribution in [3.05, 3.63) is 11.9 Å². The Bertz CT molecular complexity index is 345. The number of rotatable bonds is 3. The molecule has 0 radical (unpaired) electrons. The molecule has 15 heavy (non-hydrogen) atoms. The van der Waals surface area contributed by atoms with Gasteiger partial charge in [0.15, 0.2) is 0 Å². The van der Waals surface area contributed by atoms with Crippen molar-refractivity contribution in [3.63, 3.8) is 0 Å². The lowest BCUT2D eigenvalue weighted by atomic mass is 10.3. The summed E-state index contributed by atoms with van der Waals surface area (Å²) in [5.74, 6) is 0. The van der Waals surface area contributed by atoms with Gasteiger partial charge in [-0.2, -0.15) is 5.10 Å². The van der Waals surface area contributed by atoms with E-state index in [0.29, 0.717) is 0 Å². The van der Waals surface area contributed by atoms with E-state index in [1.54, 1.807) is 10.9 Å². The Morgan fingerprint density at radius 2 is 2.33 bits per heavy atom. The number of urea groups is 1. The number of carbonyl (C=O) groups is 1. The van der Waals surface area contributed by atoms with E-state index in [1.807, 2.05) is 27.8 Å². The Morgan fingerprint density at radius 1 is 1.67 bits per heavy atom. The minimum atomic E-state index is -0.180. The van der Waals surface area contributed by atoms with Crippen LogP contribution in [0.5, 0.6) is 0 Å². The summed E-state index contributed by atoms with van der Waals surface area (Å²) >= 11 is 0. The molecule has 84 valence electrons. The molecule has 2 N–H and O–H groups in total. The normalized spacial score (nSPS) is 12.3. The molecule has 0 bridgehead atoms. The molecule has 2 amide bonds. The van der Waals surface area contributed by atoms with Gasteiger partial charge in [-0.15, -0.1) is 0 Å². The molecular weight excluding hydrogens is 192 g/mol. The van der Waals surface area contributed by atoms with Gasteiger partial charge >= 0.3 is 6.03 Å². The van der Waals surface area contributed by atoms with Crippen LogP contribution in [0.15, 0.2) is 6.20 Å². The van der Waals surface area contributed by atoms with Crippen molar-refractivity contribution >= 4 is 11.7 Å². The number of hydrogen-bond donors (Lipinski definition) is 2. The van der Waals surface area contributed by atoms with Gasteiger partial charge in [-0.25, -0.2) is 4.79 Å². The van der Waals surface area contributed by atoms with Crippen LogP contribution in [0.3, 0.4) is 0 Å². The summed E-state index contributed by atoms with van der Waals surface area (Å²) in [6.45, 7) is 5.86. The minimum Gasteiger partial charge on any atom is -0.335 e. The van der Waals surface area contributed by atoms with Crippen molar-refractivity contribution in [2.24, 2.45) is 7.05 Å². The van der Waals surface area contributed by atoms with Crippen LogP contribution in [-0.4, -0.2) is 21.9 Å². The molecule has 0 aliphatic heterocycles. The fourth-order valence-electron chi connectivity index (χ4n) is 1.21. The molecule has 1 rings (SSSR count). The average Bonchev–Trinajstić information content (AvgIpc) is 2.44. The highest BCUT2D eigenvalue weighted by molar-refractivity contribution is 5.89. The number of hydrogen-bond acceptors (Lipinski definition) is 2. The van der Waals surface area contributed by atoms with Gasteiger partial charge in [0.05, 0.1) is 11.4 Å². The first-order chi connectivity index (χ1) is 7.02. The van der Waals surface area contributed by atoms with E-state index in [1.165, 1.54) is 0 Å². The summed E-state index contributed by atoms with van der Waals surface area (Å²) < 4.78 is 1.67. The summed E-state index contributed by atoms with van der Waals surface area (Å²) in [5.41, 5.74) is 1.56. The van der Waals surface area contributed by atoms with E-state index in [2.05, 4.69) is 15.7 Å². The summed E-state index contributed by atoms with van der Waals surface area (Å²) in [7, 11) is 1.82. The third kappa shape index (κ3) is 3.27. The molecule has 5 nitrogen and oxygen atoms in total. The largest absolute Gasteiger partial charge is 0.335 e. The average molecular weight is 210 g/mol. The zero-order valence-electron chi connectivity index (χ0n) is 9.66. The molecule has 0 saturated carbocycles. The molecular formula is C10H18N4O. The standard InChI is InChI=1S/C10H18N4O/c1-5-7(2)11-10(15)12-9-6-14(4)13-8(9)3/h6-7H,5H2,1-4H3,(H2,11,12,15)/t7-/m0/s1. The molecule has 0 spiro atoms. The number of nitrogens with one attached hydrogen (secondary N) is 2. The van der Waals surface area contributed by atoms with Crippen LogP contribution in [0.1, 0.15) is 26.0 Å². The van der Waals surface area contributed by atoms with Crippen LogP contribution < -0.4 is 10.6 Å². The van der Waals surface area contributed by atoms with Gasteiger partial charge in [0.2, 0.25) is 0 Å².